The van der Waals surface area contributed by atoms with Gasteiger partial charge in [0.05, 0.1) is 22.7 Å². The number of carbonyl (C=O) groups is 2. The van der Waals surface area contributed by atoms with E-state index in [9.17, 15) is 35.1 Å². The van der Waals surface area contributed by atoms with Gasteiger partial charge in [-0.3, -0.25) is 4.79 Å². The molecular weight excluding hydrogens is 512 g/mol. The highest BCUT2D eigenvalue weighted by Gasteiger charge is 2.73. The summed E-state index contributed by atoms with van der Waals surface area (Å²) in [5.41, 5.74) is -4.02. The molecule has 40 heavy (non-hydrogen) atoms. The summed E-state index contributed by atoms with van der Waals surface area (Å²) in [6.45, 7) is 10.4. The summed E-state index contributed by atoms with van der Waals surface area (Å²) in [5, 5.41) is 58.4. The second kappa shape index (κ2) is 9.46. The van der Waals surface area contributed by atoms with Crippen molar-refractivity contribution in [3.8, 4) is 0 Å². The predicted molar refractivity (Wildman–Crippen MR) is 147 cm³/mol. The van der Waals surface area contributed by atoms with Crippen molar-refractivity contribution >= 4 is 11.8 Å². The van der Waals surface area contributed by atoms with E-state index in [1.165, 1.54) is 0 Å². The quantitative estimate of drug-likeness (QED) is 0.281. The third kappa shape index (κ3) is 3.76. The average molecular weight is 557 g/mol. The molecule has 0 spiro atoms. The van der Waals surface area contributed by atoms with Crippen molar-refractivity contribution in [2.24, 2.45) is 28.6 Å². The van der Waals surface area contributed by atoms with Crippen molar-refractivity contribution in [3.63, 3.8) is 0 Å². The zero-order valence-electron chi connectivity index (χ0n) is 24.3. The molecule has 0 heterocycles. The molecule has 0 aromatic heterocycles. The average Bonchev–Trinajstić information content (AvgIpc) is 2.91. The van der Waals surface area contributed by atoms with Crippen LogP contribution in [0.5, 0.6) is 0 Å². The number of hydrogen-bond acceptors (Lipinski definition) is 8. The lowest BCUT2D eigenvalue weighted by Gasteiger charge is -2.68. The Hall–Kier alpha value is -2.10. The van der Waals surface area contributed by atoms with Crippen LogP contribution in [0.1, 0.15) is 78.7 Å². The first kappa shape index (κ1) is 29.4. The van der Waals surface area contributed by atoms with Crippen LogP contribution in [-0.2, 0) is 14.3 Å². The normalized spacial score (nSPS) is 43.8. The highest BCUT2D eigenvalue weighted by atomic mass is 16.6. The van der Waals surface area contributed by atoms with Gasteiger partial charge in [0.25, 0.3) is 0 Å². The zero-order chi connectivity index (χ0) is 29.6. The number of ketones is 1. The van der Waals surface area contributed by atoms with Gasteiger partial charge < -0.3 is 30.3 Å². The van der Waals surface area contributed by atoms with Crippen LogP contribution < -0.4 is 0 Å². The van der Waals surface area contributed by atoms with Crippen LogP contribution in [0.3, 0.4) is 0 Å². The van der Waals surface area contributed by atoms with Crippen LogP contribution >= 0.6 is 0 Å². The molecule has 3 saturated carbocycles. The second-order valence-electron chi connectivity index (χ2n) is 13.7. The Balaban J connectivity index is 1.57. The zero-order valence-corrected chi connectivity index (χ0v) is 24.3. The van der Waals surface area contributed by atoms with Crippen LogP contribution in [0.15, 0.2) is 41.5 Å². The van der Waals surface area contributed by atoms with Gasteiger partial charge in [-0.25, -0.2) is 4.79 Å². The van der Waals surface area contributed by atoms with Crippen LogP contribution in [0.4, 0.5) is 0 Å². The number of hydrogen-bond donors (Lipinski definition) is 5. The lowest BCUT2D eigenvalue weighted by atomic mass is 9.39. The van der Waals surface area contributed by atoms with Crippen LogP contribution in [0.2, 0.25) is 0 Å². The van der Waals surface area contributed by atoms with Crippen LogP contribution in [-0.4, -0.2) is 72.9 Å². The Morgan fingerprint density at radius 1 is 1.10 bits per heavy atom. The van der Waals surface area contributed by atoms with E-state index in [1.807, 2.05) is 30.3 Å². The number of carbonyl (C=O) groups excluding carboxylic acids is 2. The summed E-state index contributed by atoms with van der Waals surface area (Å²) in [7, 11) is 0. The Kier molecular flexibility index (Phi) is 6.95. The first-order chi connectivity index (χ1) is 18.5. The molecule has 0 radical (unpaired) electrons. The third-order valence-electron chi connectivity index (χ3n) is 11.7. The Morgan fingerprint density at radius 2 is 1.73 bits per heavy atom. The van der Waals surface area contributed by atoms with Gasteiger partial charge >= 0.3 is 5.97 Å². The minimum atomic E-state index is -1.67. The summed E-state index contributed by atoms with van der Waals surface area (Å²) in [5.74, 6) is -3.73. The van der Waals surface area contributed by atoms with E-state index in [2.05, 4.69) is 0 Å². The Morgan fingerprint density at radius 3 is 2.30 bits per heavy atom. The number of aliphatic hydroxyl groups excluding tert-OH is 3. The fourth-order valence-corrected chi connectivity index (χ4v) is 8.97. The molecule has 8 heteroatoms. The molecule has 1 aromatic carbocycles. The number of aliphatic hydroxyl groups is 5. The lowest BCUT2D eigenvalue weighted by molar-refractivity contribution is -0.276. The molecule has 2 bridgehead atoms. The fraction of sp³-hybridized carbons (Fsp3) is 0.688. The molecule has 1 aromatic rings. The smallest absolute Gasteiger partial charge is 0.336 e. The third-order valence-corrected chi connectivity index (χ3v) is 11.7. The maximum Gasteiger partial charge on any atom is 0.336 e. The van der Waals surface area contributed by atoms with E-state index in [1.54, 1.807) is 41.5 Å². The predicted octanol–water partition coefficient (Wildman–Crippen LogP) is 2.65. The molecule has 0 aliphatic heterocycles. The van der Waals surface area contributed by atoms with Crippen LogP contribution in [0, 0.1) is 28.6 Å². The molecular formula is C32H44O8. The first-order valence-corrected chi connectivity index (χ1v) is 14.5. The summed E-state index contributed by atoms with van der Waals surface area (Å²) in [4.78, 5) is 27.4. The second-order valence-corrected chi connectivity index (χ2v) is 13.7. The topological polar surface area (TPSA) is 145 Å². The van der Waals surface area contributed by atoms with E-state index in [-0.39, 0.29) is 24.3 Å². The highest BCUT2D eigenvalue weighted by Crippen LogP contribution is 2.67. The van der Waals surface area contributed by atoms with Crippen molar-refractivity contribution in [2.45, 2.75) is 109 Å². The molecule has 11 atom stereocenters. The van der Waals surface area contributed by atoms with Crippen molar-refractivity contribution in [3.05, 3.63) is 47.0 Å². The summed E-state index contributed by atoms with van der Waals surface area (Å²) in [6.07, 6.45) is -3.86. The molecule has 5 N–H and O–H groups in total. The molecule has 5 rings (SSSR count). The highest BCUT2D eigenvalue weighted by molar-refractivity contribution is 5.93. The van der Waals surface area contributed by atoms with Gasteiger partial charge in [0.1, 0.15) is 12.2 Å². The summed E-state index contributed by atoms with van der Waals surface area (Å²) < 4.78 is 5.86. The number of ether oxygens (including phenoxy) is 1. The van der Waals surface area contributed by atoms with Gasteiger partial charge in [-0.1, -0.05) is 58.0 Å². The van der Waals surface area contributed by atoms with Crippen molar-refractivity contribution in [1.82, 2.24) is 0 Å². The number of benzene rings is 1. The van der Waals surface area contributed by atoms with E-state index >= 15 is 0 Å². The minimum absolute atomic E-state index is 0.0426. The van der Waals surface area contributed by atoms with Gasteiger partial charge in [-0.05, 0) is 61.7 Å². The molecule has 3 fully saturated rings. The fourth-order valence-electron chi connectivity index (χ4n) is 8.97. The first-order valence-electron chi connectivity index (χ1n) is 14.5. The van der Waals surface area contributed by atoms with E-state index in [0.29, 0.717) is 18.4 Å². The number of Topliss-reactive ketones (excluding diaryl/α,β-unsaturated/α-hetero) is 1. The summed E-state index contributed by atoms with van der Waals surface area (Å²) >= 11 is 0. The number of esters is 1. The molecule has 220 valence electrons. The summed E-state index contributed by atoms with van der Waals surface area (Å²) in [6, 6.07) is 9.12. The van der Waals surface area contributed by atoms with Gasteiger partial charge in [0, 0.05) is 23.7 Å². The van der Waals surface area contributed by atoms with E-state index in [0.717, 1.165) is 5.56 Å². The maximum atomic E-state index is 14.2. The standard InChI is InChI=1S/C32H44O8/c1-16(19-10-8-7-9-11-19)24(34)28(37)40-21-15-32(39)18(3)26-30(6,22(33)14-20-12-13-31(20,26)38)27(36)25(35)23(17(21)2)29(32,4)5/h7-11,16,18,20-22,24-26,33-35,38-39H,12-15H2,1-6H3/t16-,18?,20+,21-,22-,24+,25+,26?,30+,31-,32+/m0/s1. The minimum Gasteiger partial charge on any atom is -0.456 e. The molecule has 0 amide bonds. The number of rotatable bonds is 4. The van der Waals surface area contributed by atoms with Crippen LogP contribution in [0.25, 0.3) is 0 Å². The monoisotopic (exact) mass is 556 g/mol. The number of fused-ring (bicyclic) bond motifs is 5. The molecule has 0 saturated heterocycles. The van der Waals surface area contributed by atoms with Crippen molar-refractivity contribution in [2.75, 3.05) is 0 Å². The van der Waals surface area contributed by atoms with E-state index < -0.39 is 76.0 Å². The Labute approximate surface area is 236 Å². The van der Waals surface area contributed by atoms with Gasteiger partial charge in [-0.15, -0.1) is 0 Å². The maximum absolute atomic E-state index is 14.2. The van der Waals surface area contributed by atoms with E-state index in [4.69, 9.17) is 4.74 Å². The molecule has 4 aliphatic carbocycles. The molecule has 4 aliphatic rings. The molecule has 8 nitrogen and oxygen atoms in total. The molecule has 2 unspecified atom stereocenters. The van der Waals surface area contributed by atoms with Crippen molar-refractivity contribution < 1.29 is 39.9 Å². The SMILES string of the molecule is CC1=C2[C@@H](O)C(=O)[C@@]3(C)C(C(C)[C@](O)(C[C@@H]1OC(=O)[C@H](O)[C@@H](C)c1ccccc1)C2(C)C)[C@]1(O)CC[C@@H]1C[C@@H]3O. The Bertz CT molecular complexity index is 1220. The van der Waals surface area contributed by atoms with Crippen molar-refractivity contribution in [1.29, 1.82) is 0 Å². The van der Waals surface area contributed by atoms with Gasteiger partial charge in [0.2, 0.25) is 0 Å². The van der Waals surface area contributed by atoms with Gasteiger partial charge in [0.15, 0.2) is 11.9 Å². The lowest BCUT2D eigenvalue weighted by Crippen LogP contribution is -2.75. The largest absolute Gasteiger partial charge is 0.456 e. The van der Waals surface area contributed by atoms with Gasteiger partial charge in [-0.2, -0.15) is 0 Å².